The molecule has 1 unspecified atom stereocenters. The van der Waals surface area contributed by atoms with Crippen molar-refractivity contribution >= 4 is 10.0 Å². The third kappa shape index (κ3) is 3.86. The lowest BCUT2D eigenvalue weighted by atomic mass is 10.1. The summed E-state index contributed by atoms with van der Waals surface area (Å²) in [6.45, 7) is 1.55. The lowest BCUT2D eigenvalue weighted by Gasteiger charge is -2.13. The van der Waals surface area contributed by atoms with Crippen LogP contribution in [0.2, 0.25) is 0 Å². The number of sulfonamides is 1. The van der Waals surface area contributed by atoms with Crippen molar-refractivity contribution in [3.8, 4) is 0 Å². The van der Waals surface area contributed by atoms with Gasteiger partial charge >= 0.3 is 0 Å². The number of hydrogen-bond acceptors (Lipinski definition) is 2. The second kappa shape index (κ2) is 4.88. The maximum absolute atomic E-state index is 13.2. The summed E-state index contributed by atoms with van der Waals surface area (Å²) < 4.78 is 50.5. The number of benzene rings is 1. The van der Waals surface area contributed by atoms with E-state index in [9.17, 15) is 17.2 Å². The highest BCUT2D eigenvalue weighted by atomic mass is 32.2. The minimum absolute atomic E-state index is 0.0222. The van der Waals surface area contributed by atoms with Crippen molar-refractivity contribution in [1.29, 1.82) is 0 Å². The molecule has 0 aliphatic rings. The molecule has 16 heavy (non-hydrogen) atoms. The fourth-order valence-electron chi connectivity index (χ4n) is 1.44. The molecule has 0 bridgehead atoms. The van der Waals surface area contributed by atoms with E-state index in [1.54, 1.807) is 6.92 Å². The van der Waals surface area contributed by atoms with Gasteiger partial charge < -0.3 is 0 Å². The quantitative estimate of drug-likeness (QED) is 0.877. The van der Waals surface area contributed by atoms with Crippen molar-refractivity contribution in [2.24, 2.45) is 0 Å². The Balaban J connectivity index is 2.81. The van der Waals surface area contributed by atoms with Gasteiger partial charge in [0.25, 0.3) is 0 Å². The summed E-state index contributed by atoms with van der Waals surface area (Å²) >= 11 is 0. The van der Waals surface area contributed by atoms with Gasteiger partial charge in [-0.1, -0.05) is 6.07 Å². The summed E-state index contributed by atoms with van der Waals surface area (Å²) in [6, 6.07) is 3.00. The van der Waals surface area contributed by atoms with Crippen molar-refractivity contribution in [1.82, 2.24) is 4.72 Å². The van der Waals surface area contributed by atoms with E-state index < -0.39 is 27.7 Å². The van der Waals surface area contributed by atoms with Crippen molar-refractivity contribution in [3.63, 3.8) is 0 Å². The summed E-state index contributed by atoms with van der Waals surface area (Å²) in [7, 11) is -3.36. The first-order valence-electron chi connectivity index (χ1n) is 4.70. The van der Waals surface area contributed by atoms with Crippen LogP contribution in [0, 0.1) is 11.6 Å². The molecule has 6 heteroatoms. The topological polar surface area (TPSA) is 46.2 Å². The van der Waals surface area contributed by atoms with E-state index in [1.165, 1.54) is 6.07 Å². The smallest absolute Gasteiger partial charge is 0.208 e. The van der Waals surface area contributed by atoms with Gasteiger partial charge in [0.15, 0.2) is 0 Å². The van der Waals surface area contributed by atoms with Crippen molar-refractivity contribution in [3.05, 3.63) is 35.4 Å². The molecule has 0 radical (unpaired) electrons. The van der Waals surface area contributed by atoms with E-state index in [-0.39, 0.29) is 12.0 Å². The van der Waals surface area contributed by atoms with Gasteiger partial charge in [-0.3, -0.25) is 0 Å². The van der Waals surface area contributed by atoms with Gasteiger partial charge in [0.05, 0.1) is 6.26 Å². The Hall–Kier alpha value is -1.01. The van der Waals surface area contributed by atoms with Gasteiger partial charge in [-0.05, 0) is 25.5 Å². The van der Waals surface area contributed by atoms with Gasteiger partial charge in [0.1, 0.15) is 11.6 Å². The standard InChI is InChI=1S/C10H13F2NO2S/c1-7(13-16(2,14)15)6-8-9(11)4-3-5-10(8)12/h3-5,7,13H,6H2,1-2H3. The molecule has 0 heterocycles. The van der Waals surface area contributed by atoms with Crippen LogP contribution < -0.4 is 4.72 Å². The fraction of sp³-hybridized carbons (Fsp3) is 0.400. The zero-order valence-corrected chi connectivity index (χ0v) is 9.81. The van der Waals surface area contributed by atoms with Gasteiger partial charge in [0.2, 0.25) is 10.0 Å². The summed E-state index contributed by atoms with van der Waals surface area (Å²) in [5, 5.41) is 0. The monoisotopic (exact) mass is 249 g/mol. The van der Waals surface area contributed by atoms with Crippen LogP contribution in [0.4, 0.5) is 8.78 Å². The number of halogens is 2. The molecule has 0 amide bonds. The molecule has 0 aliphatic carbocycles. The van der Waals surface area contributed by atoms with Gasteiger partial charge in [-0.15, -0.1) is 0 Å². The van der Waals surface area contributed by atoms with E-state index in [0.717, 1.165) is 18.4 Å². The van der Waals surface area contributed by atoms with E-state index in [2.05, 4.69) is 4.72 Å². The number of nitrogens with one attached hydrogen (secondary N) is 1. The van der Waals surface area contributed by atoms with Crippen molar-refractivity contribution in [2.45, 2.75) is 19.4 Å². The van der Waals surface area contributed by atoms with Gasteiger partial charge in [-0.2, -0.15) is 0 Å². The highest BCUT2D eigenvalue weighted by Gasteiger charge is 2.14. The molecule has 0 saturated heterocycles. The Morgan fingerprint density at radius 1 is 1.31 bits per heavy atom. The molecule has 0 aromatic heterocycles. The Bertz CT molecular complexity index is 453. The summed E-state index contributed by atoms with van der Waals surface area (Å²) in [6.07, 6.45) is 0.979. The minimum Gasteiger partial charge on any atom is -0.213 e. The molecule has 0 fully saturated rings. The zero-order valence-electron chi connectivity index (χ0n) is 9.00. The average Bonchev–Trinajstić information content (AvgIpc) is 2.08. The maximum atomic E-state index is 13.2. The predicted octanol–water partition coefficient (Wildman–Crippen LogP) is 1.45. The average molecular weight is 249 g/mol. The zero-order chi connectivity index (χ0) is 12.3. The molecule has 3 nitrogen and oxygen atoms in total. The van der Waals surface area contributed by atoms with Crippen LogP contribution in [0.1, 0.15) is 12.5 Å². The van der Waals surface area contributed by atoms with Crippen LogP contribution in [-0.2, 0) is 16.4 Å². The fourth-order valence-corrected chi connectivity index (χ4v) is 2.25. The highest BCUT2D eigenvalue weighted by molar-refractivity contribution is 7.88. The first kappa shape index (κ1) is 13.1. The Morgan fingerprint density at radius 2 is 1.81 bits per heavy atom. The maximum Gasteiger partial charge on any atom is 0.208 e. The Morgan fingerprint density at radius 3 is 2.25 bits per heavy atom. The first-order chi connectivity index (χ1) is 7.29. The lowest BCUT2D eigenvalue weighted by molar-refractivity contribution is 0.524. The third-order valence-electron chi connectivity index (χ3n) is 1.99. The molecule has 1 rings (SSSR count). The van der Waals surface area contributed by atoms with Crippen LogP contribution in [-0.4, -0.2) is 20.7 Å². The molecular weight excluding hydrogens is 236 g/mol. The molecule has 1 atom stereocenters. The van der Waals surface area contributed by atoms with Gasteiger partial charge in [-0.25, -0.2) is 21.9 Å². The van der Waals surface area contributed by atoms with Crippen molar-refractivity contribution < 1.29 is 17.2 Å². The van der Waals surface area contributed by atoms with E-state index in [4.69, 9.17) is 0 Å². The summed E-state index contributed by atoms with van der Waals surface area (Å²) in [5.74, 6) is -1.33. The summed E-state index contributed by atoms with van der Waals surface area (Å²) in [5.41, 5.74) is -0.105. The molecule has 1 N–H and O–H groups in total. The highest BCUT2D eigenvalue weighted by Crippen LogP contribution is 2.14. The Kier molecular flexibility index (Phi) is 3.98. The molecule has 1 aromatic carbocycles. The van der Waals surface area contributed by atoms with Crippen molar-refractivity contribution in [2.75, 3.05) is 6.26 Å². The first-order valence-corrected chi connectivity index (χ1v) is 6.59. The normalized spacial score (nSPS) is 13.8. The largest absolute Gasteiger partial charge is 0.213 e. The van der Waals surface area contributed by atoms with E-state index >= 15 is 0 Å². The van der Waals surface area contributed by atoms with Crippen LogP contribution in [0.15, 0.2) is 18.2 Å². The number of rotatable bonds is 4. The second-order valence-corrected chi connectivity index (χ2v) is 5.48. The molecule has 0 aliphatic heterocycles. The molecular formula is C10H13F2NO2S. The molecule has 0 saturated carbocycles. The minimum atomic E-state index is -3.36. The van der Waals surface area contributed by atoms with Crippen LogP contribution in [0.3, 0.4) is 0 Å². The van der Waals surface area contributed by atoms with Gasteiger partial charge in [0, 0.05) is 11.6 Å². The lowest BCUT2D eigenvalue weighted by Crippen LogP contribution is -2.33. The third-order valence-corrected chi connectivity index (χ3v) is 2.82. The molecule has 1 aromatic rings. The Labute approximate surface area is 93.5 Å². The van der Waals surface area contributed by atoms with Crippen LogP contribution in [0.5, 0.6) is 0 Å². The summed E-state index contributed by atoms with van der Waals surface area (Å²) in [4.78, 5) is 0. The molecule has 0 spiro atoms. The van der Waals surface area contributed by atoms with E-state index in [0.29, 0.717) is 0 Å². The predicted molar refractivity (Wildman–Crippen MR) is 57.5 cm³/mol. The second-order valence-electron chi connectivity index (χ2n) is 3.70. The van der Waals surface area contributed by atoms with E-state index in [1.807, 2.05) is 0 Å². The van der Waals surface area contributed by atoms with Crippen LogP contribution in [0.25, 0.3) is 0 Å². The molecule has 90 valence electrons. The van der Waals surface area contributed by atoms with Crippen LogP contribution >= 0.6 is 0 Å². The number of hydrogen-bond donors (Lipinski definition) is 1. The SMILES string of the molecule is CC(Cc1c(F)cccc1F)NS(C)(=O)=O.